The first-order valence-electron chi connectivity index (χ1n) is 15.3. The Kier molecular flexibility index (Phi) is 19.3. The Labute approximate surface area is 215 Å². The fraction of sp³-hybridized carbons (Fsp3) is 0.758. The number of quaternary nitrogens is 1. The molecule has 0 aliphatic carbocycles. The van der Waals surface area contributed by atoms with E-state index in [0.29, 0.717) is 0 Å². The maximum atomic E-state index is 4.13. The third kappa shape index (κ3) is 14.3. The molecule has 0 N–H and O–H groups in total. The van der Waals surface area contributed by atoms with E-state index in [-0.39, 0.29) is 0 Å². The summed E-state index contributed by atoms with van der Waals surface area (Å²) in [6, 6.07) is 9.03. The van der Waals surface area contributed by atoms with Crippen molar-refractivity contribution in [1.82, 2.24) is 0 Å². The molecular formula is C33H60N+. The summed E-state index contributed by atoms with van der Waals surface area (Å²) < 4.78 is 1.31. The third-order valence-electron chi connectivity index (χ3n) is 7.74. The minimum atomic E-state index is 1.20. The molecule has 0 fully saturated rings. The Hall–Kier alpha value is -1.08. The highest BCUT2D eigenvalue weighted by Gasteiger charge is 2.27. The molecule has 0 bridgehead atoms. The topological polar surface area (TPSA) is 0 Å². The summed E-state index contributed by atoms with van der Waals surface area (Å²) >= 11 is 0. The molecule has 1 aromatic carbocycles. The highest BCUT2D eigenvalue weighted by Crippen LogP contribution is 2.24. The van der Waals surface area contributed by atoms with E-state index < -0.39 is 0 Å². The van der Waals surface area contributed by atoms with Crippen LogP contribution in [0.25, 0.3) is 6.08 Å². The van der Waals surface area contributed by atoms with E-state index >= 15 is 0 Å². The van der Waals surface area contributed by atoms with Gasteiger partial charge >= 0.3 is 0 Å². The van der Waals surface area contributed by atoms with E-state index in [0.717, 1.165) is 0 Å². The van der Waals surface area contributed by atoms with Crippen LogP contribution in [0.4, 0.5) is 0 Å². The lowest BCUT2D eigenvalue weighted by Gasteiger charge is -2.40. The number of hydrogen-bond donors (Lipinski definition) is 0. The van der Waals surface area contributed by atoms with Crippen LogP contribution in [0.5, 0.6) is 0 Å². The quantitative estimate of drug-likeness (QED) is 0.104. The number of unbranched alkanes of at least 4 members (excludes halogenated alkanes) is 15. The molecule has 0 unspecified atom stereocenters. The predicted molar refractivity (Wildman–Crippen MR) is 155 cm³/mol. The lowest BCUT2D eigenvalue weighted by Crippen LogP contribution is -2.49. The summed E-state index contributed by atoms with van der Waals surface area (Å²) in [5, 5.41) is 0. The average molecular weight is 471 g/mol. The van der Waals surface area contributed by atoms with Crippen molar-refractivity contribution in [3.8, 4) is 0 Å². The van der Waals surface area contributed by atoms with Gasteiger partial charge in [-0.3, -0.25) is 0 Å². The van der Waals surface area contributed by atoms with E-state index in [1.54, 1.807) is 0 Å². The average Bonchev–Trinajstić information content (AvgIpc) is 2.86. The van der Waals surface area contributed by atoms with Crippen molar-refractivity contribution in [2.24, 2.45) is 0 Å². The first kappa shape index (κ1) is 31.0. The third-order valence-corrected chi connectivity index (χ3v) is 7.74. The van der Waals surface area contributed by atoms with Crippen LogP contribution in [-0.2, 0) is 6.54 Å². The second kappa shape index (κ2) is 21.2. The molecule has 1 heteroatoms. The van der Waals surface area contributed by atoms with Gasteiger partial charge in [0.25, 0.3) is 0 Å². The van der Waals surface area contributed by atoms with E-state index in [4.69, 9.17) is 0 Å². The van der Waals surface area contributed by atoms with Crippen molar-refractivity contribution in [2.75, 3.05) is 19.6 Å². The second-order valence-corrected chi connectivity index (χ2v) is 10.9. The molecular weight excluding hydrogens is 410 g/mol. The molecule has 196 valence electrons. The zero-order valence-electron chi connectivity index (χ0n) is 23.6. The molecule has 0 atom stereocenters. The van der Waals surface area contributed by atoms with Gasteiger partial charge in [0.2, 0.25) is 0 Å². The molecule has 1 rings (SSSR count). The smallest absolute Gasteiger partial charge is 0.105 e. The SMILES string of the molecule is C=Cc1ccccc1C[N+](CCCCCCCC)(CCCCCCCC)CCCCCCCC. The van der Waals surface area contributed by atoms with Crippen LogP contribution in [0.3, 0.4) is 0 Å². The summed E-state index contributed by atoms with van der Waals surface area (Å²) in [6.07, 6.45) is 27.3. The molecule has 0 amide bonds. The molecule has 0 heterocycles. The summed E-state index contributed by atoms with van der Waals surface area (Å²) in [4.78, 5) is 0. The van der Waals surface area contributed by atoms with E-state index in [1.165, 1.54) is 157 Å². The van der Waals surface area contributed by atoms with E-state index in [9.17, 15) is 0 Å². The van der Waals surface area contributed by atoms with Crippen molar-refractivity contribution in [3.05, 3.63) is 42.0 Å². The van der Waals surface area contributed by atoms with Crippen molar-refractivity contribution in [1.29, 1.82) is 0 Å². The van der Waals surface area contributed by atoms with Gasteiger partial charge in [0.05, 0.1) is 19.6 Å². The molecule has 0 spiro atoms. The van der Waals surface area contributed by atoms with E-state index in [1.807, 2.05) is 0 Å². The Balaban J connectivity index is 2.86. The van der Waals surface area contributed by atoms with Crippen LogP contribution < -0.4 is 0 Å². The maximum Gasteiger partial charge on any atom is 0.105 e. The van der Waals surface area contributed by atoms with Gasteiger partial charge < -0.3 is 4.48 Å². The molecule has 0 aliphatic heterocycles. The van der Waals surface area contributed by atoms with Gasteiger partial charge in [-0.25, -0.2) is 0 Å². The van der Waals surface area contributed by atoms with Crippen molar-refractivity contribution < 1.29 is 4.48 Å². The Bertz CT molecular complexity index is 549. The van der Waals surface area contributed by atoms with Gasteiger partial charge in [-0.05, 0) is 44.1 Å². The largest absolute Gasteiger partial charge is 0.320 e. The van der Waals surface area contributed by atoms with Crippen LogP contribution in [0.2, 0.25) is 0 Å². The predicted octanol–water partition coefficient (Wildman–Crippen LogP) is 10.7. The molecule has 34 heavy (non-hydrogen) atoms. The minimum absolute atomic E-state index is 1.20. The number of hydrogen-bond acceptors (Lipinski definition) is 0. The molecule has 0 radical (unpaired) electrons. The number of benzene rings is 1. The Morgan fingerprint density at radius 1 is 0.559 bits per heavy atom. The molecule has 0 saturated heterocycles. The zero-order chi connectivity index (χ0) is 24.7. The van der Waals surface area contributed by atoms with Crippen molar-refractivity contribution in [2.45, 2.75) is 143 Å². The van der Waals surface area contributed by atoms with Gasteiger partial charge in [-0.15, -0.1) is 0 Å². The van der Waals surface area contributed by atoms with Crippen LogP contribution in [-0.4, -0.2) is 24.1 Å². The highest BCUT2D eigenvalue weighted by atomic mass is 15.3. The fourth-order valence-electron chi connectivity index (χ4n) is 5.49. The Morgan fingerprint density at radius 3 is 1.35 bits per heavy atom. The highest BCUT2D eigenvalue weighted by molar-refractivity contribution is 5.51. The molecule has 1 nitrogen and oxygen atoms in total. The lowest BCUT2D eigenvalue weighted by molar-refractivity contribution is -0.941. The molecule has 0 aliphatic rings. The van der Waals surface area contributed by atoms with Crippen LogP contribution in [0, 0.1) is 0 Å². The van der Waals surface area contributed by atoms with Crippen molar-refractivity contribution in [3.63, 3.8) is 0 Å². The maximum absolute atomic E-state index is 4.13. The van der Waals surface area contributed by atoms with Crippen molar-refractivity contribution >= 4 is 6.08 Å². The molecule has 0 saturated carbocycles. The Morgan fingerprint density at radius 2 is 0.941 bits per heavy atom. The van der Waals surface area contributed by atoms with E-state index in [2.05, 4.69) is 57.7 Å². The van der Waals surface area contributed by atoms with Gasteiger partial charge in [-0.1, -0.05) is 135 Å². The fourth-order valence-corrected chi connectivity index (χ4v) is 5.49. The summed E-state index contributed by atoms with van der Waals surface area (Å²) in [6.45, 7) is 16.4. The van der Waals surface area contributed by atoms with Crippen LogP contribution in [0.1, 0.15) is 147 Å². The number of nitrogens with zero attached hydrogens (tertiary/aromatic N) is 1. The van der Waals surface area contributed by atoms with Crippen LogP contribution >= 0.6 is 0 Å². The normalized spacial score (nSPS) is 11.7. The minimum Gasteiger partial charge on any atom is -0.320 e. The van der Waals surface area contributed by atoms with Crippen LogP contribution in [0.15, 0.2) is 30.8 Å². The summed E-state index contributed by atoms with van der Waals surface area (Å²) in [5.41, 5.74) is 2.86. The lowest BCUT2D eigenvalue weighted by atomic mass is 10.0. The van der Waals surface area contributed by atoms with Gasteiger partial charge in [0.1, 0.15) is 6.54 Å². The van der Waals surface area contributed by atoms with Gasteiger partial charge in [-0.2, -0.15) is 0 Å². The zero-order valence-corrected chi connectivity index (χ0v) is 23.6. The van der Waals surface area contributed by atoms with Gasteiger partial charge in [0.15, 0.2) is 0 Å². The molecule has 1 aromatic rings. The molecule has 0 aromatic heterocycles. The second-order valence-electron chi connectivity index (χ2n) is 10.9. The summed E-state index contributed by atoms with van der Waals surface area (Å²) in [5.74, 6) is 0. The van der Waals surface area contributed by atoms with Gasteiger partial charge in [0, 0.05) is 5.56 Å². The first-order chi connectivity index (χ1) is 16.7. The standard InChI is InChI=1S/C33H60N/c1-5-9-12-15-18-23-28-34(29-24-19-16-13-10-6-2,30-25-20-17-14-11-7-3)31-33-27-22-21-26-32(33)8-4/h8,21-22,26-27H,4-7,9-20,23-25,28-31H2,1-3H3/q+1. The first-order valence-corrected chi connectivity index (χ1v) is 15.3. The number of rotatable bonds is 24. The summed E-state index contributed by atoms with van der Waals surface area (Å²) in [7, 11) is 0. The monoisotopic (exact) mass is 470 g/mol.